The van der Waals surface area contributed by atoms with Crippen molar-refractivity contribution in [1.29, 1.82) is 5.26 Å². The highest BCUT2D eigenvalue weighted by atomic mass is 79.9. The minimum Gasteiger partial charge on any atom is -0.374 e. The number of hydrogen-bond acceptors (Lipinski definition) is 3. The molecule has 7 heteroatoms. The Morgan fingerprint density at radius 1 is 1.41 bits per heavy atom. The van der Waals surface area contributed by atoms with Crippen LogP contribution in [0.1, 0.15) is 0 Å². The Morgan fingerprint density at radius 3 is 2.53 bits per heavy atom. The van der Waals surface area contributed by atoms with E-state index >= 15 is 0 Å². The van der Waals surface area contributed by atoms with Crippen molar-refractivity contribution in [2.24, 2.45) is 0 Å². The van der Waals surface area contributed by atoms with Gasteiger partial charge in [-0.2, -0.15) is 5.26 Å². The van der Waals surface area contributed by atoms with Crippen LogP contribution in [0.4, 0.5) is 5.69 Å². The van der Waals surface area contributed by atoms with Gasteiger partial charge in [-0.05, 0) is 12.1 Å². The first-order valence-electron chi connectivity index (χ1n) is 4.56. The predicted octanol–water partition coefficient (Wildman–Crippen LogP) is 2.81. The molecule has 0 fully saturated rings. The van der Waals surface area contributed by atoms with Crippen molar-refractivity contribution < 1.29 is 4.79 Å². The first-order valence-corrected chi connectivity index (χ1v) is 6.11. The second-order valence-electron chi connectivity index (χ2n) is 3.03. The van der Waals surface area contributed by atoms with Crippen LogP contribution in [0.2, 0.25) is 10.0 Å². The molecule has 0 atom stereocenters. The van der Waals surface area contributed by atoms with Crippen LogP contribution in [-0.4, -0.2) is 19.0 Å². The fraction of sp³-hybridized carbons (Fsp3) is 0.200. The summed E-state index contributed by atoms with van der Waals surface area (Å²) in [5, 5.41) is 14.3. The van der Waals surface area contributed by atoms with Crippen LogP contribution in [0, 0.1) is 11.3 Å². The fourth-order valence-corrected chi connectivity index (χ4v) is 2.42. The number of halogens is 3. The maximum Gasteiger partial charge on any atom is 0.240 e. The smallest absolute Gasteiger partial charge is 0.240 e. The number of carbonyl (C=O) groups excluding carboxylic acids is 1. The third kappa shape index (κ3) is 4.43. The van der Waals surface area contributed by atoms with Crippen molar-refractivity contribution in [3.05, 3.63) is 26.7 Å². The van der Waals surface area contributed by atoms with Crippen molar-refractivity contribution in [3.63, 3.8) is 0 Å². The molecule has 0 bridgehead atoms. The van der Waals surface area contributed by atoms with Gasteiger partial charge in [-0.3, -0.25) is 4.79 Å². The van der Waals surface area contributed by atoms with Crippen LogP contribution >= 0.6 is 39.1 Å². The van der Waals surface area contributed by atoms with E-state index in [4.69, 9.17) is 28.5 Å². The second kappa shape index (κ2) is 6.70. The van der Waals surface area contributed by atoms with E-state index in [1.165, 1.54) is 0 Å². The highest BCUT2D eigenvalue weighted by Crippen LogP contribution is 2.33. The summed E-state index contributed by atoms with van der Waals surface area (Å²) in [6.45, 7) is -0.0228. The second-order valence-corrected chi connectivity index (χ2v) is 4.76. The zero-order chi connectivity index (χ0) is 12.8. The van der Waals surface area contributed by atoms with Crippen LogP contribution in [0.5, 0.6) is 0 Å². The predicted molar refractivity (Wildman–Crippen MR) is 71.3 cm³/mol. The van der Waals surface area contributed by atoms with E-state index < -0.39 is 0 Å². The summed E-state index contributed by atoms with van der Waals surface area (Å²) in [5.41, 5.74) is 0.489. The molecule has 0 aliphatic rings. The number of rotatable bonds is 4. The molecule has 1 rings (SSSR count). The minimum absolute atomic E-state index is 0.00273. The molecular formula is C10H8BrCl2N3O. The van der Waals surface area contributed by atoms with Crippen molar-refractivity contribution in [1.82, 2.24) is 5.32 Å². The summed E-state index contributed by atoms with van der Waals surface area (Å²) in [6, 6.07) is 5.15. The summed E-state index contributed by atoms with van der Waals surface area (Å²) >= 11 is 15.2. The number of hydrogen-bond donors (Lipinski definition) is 2. The molecule has 4 nitrogen and oxygen atoms in total. The highest BCUT2D eigenvalue weighted by molar-refractivity contribution is 9.10. The number of nitrogens with zero attached hydrogens (tertiary/aromatic N) is 1. The lowest BCUT2D eigenvalue weighted by Gasteiger charge is -2.10. The number of benzene rings is 1. The van der Waals surface area contributed by atoms with Gasteiger partial charge in [0.1, 0.15) is 6.54 Å². The van der Waals surface area contributed by atoms with E-state index in [1.54, 1.807) is 12.1 Å². The number of nitriles is 1. The number of carbonyl (C=O) groups is 1. The molecule has 0 aliphatic heterocycles. The van der Waals surface area contributed by atoms with E-state index in [1.807, 2.05) is 6.07 Å². The summed E-state index contributed by atoms with van der Waals surface area (Å²) in [7, 11) is 0. The van der Waals surface area contributed by atoms with Crippen molar-refractivity contribution in [2.75, 3.05) is 18.4 Å². The van der Waals surface area contributed by atoms with Crippen LogP contribution < -0.4 is 10.6 Å². The van der Waals surface area contributed by atoms with E-state index in [0.29, 0.717) is 15.7 Å². The Bertz CT molecular complexity index is 450. The Labute approximate surface area is 117 Å². The molecule has 1 amide bonds. The van der Waals surface area contributed by atoms with Crippen LogP contribution in [0.15, 0.2) is 16.6 Å². The van der Waals surface area contributed by atoms with Crippen molar-refractivity contribution >= 4 is 50.7 Å². The average Bonchev–Trinajstić information content (AvgIpc) is 2.24. The van der Waals surface area contributed by atoms with Gasteiger partial charge in [0.2, 0.25) is 5.91 Å². The summed E-state index contributed by atoms with van der Waals surface area (Å²) in [6.07, 6.45) is 0. The van der Waals surface area contributed by atoms with E-state index in [-0.39, 0.29) is 19.0 Å². The van der Waals surface area contributed by atoms with Gasteiger partial charge in [-0.1, -0.05) is 39.1 Å². The molecule has 0 radical (unpaired) electrons. The summed E-state index contributed by atoms with van der Waals surface area (Å²) in [5.74, 6) is -0.304. The largest absolute Gasteiger partial charge is 0.374 e. The molecule has 0 heterocycles. The normalized spacial score (nSPS) is 9.53. The first kappa shape index (κ1) is 14.1. The third-order valence-corrected chi connectivity index (χ3v) is 2.85. The van der Waals surface area contributed by atoms with Gasteiger partial charge in [0, 0.05) is 4.47 Å². The Kier molecular flexibility index (Phi) is 5.56. The van der Waals surface area contributed by atoms with E-state index in [0.717, 1.165) is 4.47 Å². The van der Waals surface area contributed by atoms with E-state index in [2.05, 4.69) is 26.6 Å². The third-order valence-electron chi connectivity index (χ3n) is 1.80. The molecule has 90 valence electrons. The van der Waals surface area contributed by atoms with E-state index in [9.17, 15) is 4.79 Å². The zero-order valence-corrected chi connectivity index (χ0v) is 11.7. The molecular weight excluding hydrogens is 329 g/mol. The van der Waals surface area contributed by atoms with Gasteiger partial charge in [0.05, 0.1) is 28.3 Å². The number of nitrogens with one attached hydrogen (secondary N) is 2. The molecule has 0 aliphatic carbocycles. The molecule has 2 N–H and O–H groups in total. The van der Waals surface area contributed by atoms with Gasteiger partial charge < -0.3 is 10.6 Å². The van der Waals surface area contributed by atoms with Crippen LogP contribution in [0.25, 0.3) is 0 Å². The maximum absolute atomic E-state index is 11.2. The number of anilines is 1. The van der Waals surface area contributed by atoms with Gasteiger partial charge in [-0.25, -0.2) is 0 Å². The Balaban J connectivity index is 2.64. The minimum atomic E-state index is -0.304. The summed E-state index contributed by atoms with van der Waals surface area (Å²) in [4.78, 5) is 11.2. The lowest BCUT2D eigenvalue weighted by Crippen LogP contribution is -2.30. The fourth-order valence-electron chi connectivity index (χ4n) is 1.08. The van der Waals surface area contributed by atoms with Gasteiger partial charge in [0.25, 0.3) is 0 Å². The van der Waals surface area contributed by atoms with Crippen LogP contribution in [-0.2, 0) is 4.79 Å². The summed E-state index contributed by atoms with van der Waals surface area (Å²) < 4.78 is 0.756. The Morgan fingerprint density at radius 2 is 2.00 bits per heavy atom. The highest BCUT2D eigenvalue weighted by Gasteiger charge is 2.08. The molecule has 0 spiro atoms. The SMILES string of the molecule is N#CCNC(=O)CNc1c(Cl)cc(Br)cc1Cl. The Hall–Kier alpha value is -0.960. The van der Waals surface area contributed by atoms with Gasteiger partial charge in [0.15, 0.2) is 0 Å². The van der Waals surface area contributed by atoms with Gasteiger partial charge >= 0.3 is 0 Å². The van der Waals surface area contributed by atoms with Crippen molar-refractivity contribution in [2.45, 2.75) is 0 Å². The molecule has 1 aromatic carbocycles. The lowest BCUT2D eigenvalue weighted by molar-refractivity contribution is -0.119. The average molecular weight is 337 g/mol. The molecule has 0 saturated heterocycles. The first-order chi connectivity index (χ1) is 8.04. The van der Waals surface area contributed by atoms with Crippen LogP contribution in [0.3, 0.4) is 0 Å². The zero-order valence-electron chi connectivity index (χ0n) is 8.56. The van der Waals surface area contributed by atoms with Gasteiger partial charge in [-0.15, -0.1) is 0 Å². The quantitative estimate of drug-likeness (QED) is 0.831. The standard InChI is InChI=1S/C10H8BrCl2N3O/c11-6-3-7(12)10(8(13)4-6)16-5-9(17)15-2-1-14/h3-4,16H,2,5H2,(H,15,17). The number of amides is 1. The topological polar surface area (TPSA) is 64.9 Å². The van der Waals surface area contributed by atoms with Crippen molar-refractivity contribution in [3.8, 4) is 6.07 Å². The maximum atomic E-state index is 11.2. The monoisotopic (exact) mass is 335 g/mol. The molecule has 0 saturated carbocycles. The lowest BCUT2D eigenvalue weighted by atomic mass is 10.3. The molecule has 1 aromatic rings. The molecule has 17 heavy (non-hydrogen) atoms. The molecule has 0 unspecified atom stereocenters. The molecule has 0 aromatic heterocycles.